The number of carbonyl (C=O) groups excluding carboxylic acids is 2. The number of carbonyl (C=O) groups is 2. The number of hydrogen-bond acceptors (Lipinski definition) is 7. The summed E-state index contributed by atoms with van der Waals surface area (Å²) in [5, 5.41) is 8.70. The summed E-state index contributed by atoms with van der Waals surface area (Å²) in [5.74, 6) is 0.966. The minimum Gasteiger partial charge on any atom is -0.479 e. The SMILES string of the molecule is CN1CCc2cc3c(c(OCC(=O)N4CCN(CCC#N)CC4)c2C1=O)OCO3. The summed E-state index contributed by atoms with van der Waals surface area (Å²) in [5.41, 5.74) is 1.31. The summed E-state index contributed by atoms with van der Waals surface area (Å²) < 4.78 is 16.9. The topological polar surface area (TPSA) is 95.3 Å². The van der Waals surface area contributed by atoms with Crippen LogP contribution in [0.4, 0.5) is 0 Å². The summed E-state index contributed by atoms with van der Waals surface area (Å²) in [7, 11) is 1.75. The largest absolute Gasteiger partial charge is 0.479 e. The van der Waals surface area contributed by atoms with Gasteiger partial charge in [0.1, 0.15) is 0 Å². The van der Waals surface area contributed by atoms with E-state index in [2.05, 4.69) is 11.0 Å². The van der Waals surface area contributed by atoms with Gasteiger partial charge in [0.2, 0.25) is 12.5 Å². The summed E-state index contributed by atoms with van der Waals surface area (Å²) >= 11 is 0. The molecule has 0 unspecified atom stereocenters. The zero-order valence-electron chi connectivity index (χ0n) is 16.5. The summed E-state index contributed by atoms with van der Waals surface area (Å²) in [6.45, 7) is 3.93. The molecule has 1 aromatic rings. The lowest BCUT2D eigenvalue weighted by Gasteiger charge is -2.34. The minimum absolute atomic E-state index is 0.0667. The number of nitrogens with zero attached hydrogens (tertiary/aromatic N) is 4. The molecule has 0 spiro atoms. The van der Waals surface area contributed by atoms with Crippen molar-refractivity contribution in [3.63, 3.8) is 0 Å². The molecule has 0 aromatic heterocycles. The Morgan fingerprint density at radius 1 is 1.24 bits per heavy atom. The van der Waals surface area contributed by atoms with E-state index in [1.807, 2.05) is 6.07 Å². The van der Waals surface area contributed by atoms with Gasteiger partial charge in [-0.15, -0.1) is 0 Å². The van der Waals surface area contributed by atoms with E-state index in [1.165, 1.54) is 0 Å². The van der Waals surface area contributed by atoms with Crippen molar-refractivity contribution in [2.24, 2.45) is 0 Å². The van der Waals surface area contributed by atoms with Crippen molar-refractivity contribution in [3.8, 4) is 23.3 Å². The maximum absolute atomic E-state index is 12.7. The van der Waals surface area contributed by atoms with Crippen molar-refractivity contribution in [1.29, 1.82) is 5.26 Å². The standard InChI is InChI=1S/C20H24N4O5/c1-22-6-3-14-11-15-18(29-13-28-15)19(17(14)20(22)26)27-12-16(25)24-9-7-23(8-10-24)5-2-4-21/h11H,2-3,5-10,12-13H2,1H3. The van der Waals surface area contributed by atoms with Crippen LogP contribution in [-0.2, 0) is 11.2 Å². The molecule has 0 aliphatic carbocycles. The first-order chi connectivity index (χ1) is 14.1. The molecular formula is C20H24N4O5. The Bertz CT molecular complexity index is 857. The first kappa shape index (κ1) is 19.3. The van der Waals surface area contributed by atoms with E-state index in [0.29, 0.717) is 55.3 Å². The maximum atomic E-state index is 12.7. The average molecular weight is 400 g/mol. The second-order valence-corrected chi connectivity index (χ2v) is 7.37. The number of nitriles is 1. The van der Waals surface area contributed by atoms with Gasteiger partial charge in [0.05, 0.1) is 11.6 Å². The Morgan fingerprint density at radius 3 is 2.79 bits per heavy atom. The molecule has 0 radical (unpaired) electrons. The number of ether oxygens (including phenoxy) is 3. The fraction of sp³-hybridized carbons (Fsp3) is 0.550. The van der Waals surface area contributed by atoms with E-state index in [9.17, 15) is 9.59 Å². The number of amides is 2. The summed E-state index contributed by atoms with van der Waals surface area (Å²) in [6, 6.07) is 3.98. The molecule has 3 heterocycles. The maximum Gasteiger partial charge on any atom is 0.260 e. The molecule has 9 heteroatoms. The Balaban J connectivity index is 1.45. The Morgan fingerprint density at radius 2 is 2.03 bits per heavy atom. The molecular weight excluding hydrogens is 376 g/mol. The van der Waals surface area contributed by atoms with Gasteiger partial charge in [0.15, 0.2) is 18.1 Å². The van der Waals surface area contributed by atoms with E-state index < -0.39 is 0 Å². The lowest BCUT2D eigenvalue weighted by molar-refractivity contribution is -0.135. The summed E-state index contributed by atoms with van der Waals surface area (Å²) in [6.07, 6.45) is 1.19. The first-order valence-electron chi connectivity index (χ1n) is 9.79. The molecule has 29 heavy (non-hydrogen) atoms. The van der Waals surface area contributed by atoms with E-state index in [4.69, 9.17) is 19.5 Å². The molecule has 1 aromatic carbocycles. The minimum atomic E-state index is -0.165. The van der Waals surface area contributed by atoms with Crippen LogP contribution in [0, 0.1) is 11.3 Å². The molecule has 3 aliphatic heterocycles. The Kier molecular flexibility index (Phi) is 5.45. The van der Waals surface area contributed by atoms with Gasteiger partial charge in [-0.25, -0.2) is 0 Å². The lowest BCUT2D eigenvalue weighted by Crippen LogP contribution is -2.50. The van der Waals surface area contributed by atoms with Crippen LogP contribution in [0.2, 0.25) is 0 Å². The van der Waals surface area contributed by atoms with Crippen molar-refractivity contribution in [2.45, 2.75) is 12.8 Å². The third-order valence-electron chi connectivity index (χ3n) is 5.58. The molecule has 3 aliphatic rings. The third kappa shape index (κ3) is 3.80. The average Bonchev–Trinajstić information content (AvgIpc) is 3.21. The summed E-state index contributed by atoms with van der Waals surface area (Å²) in [4.78, 5) is 31.0. The molecule has 2 amide bonds. The lowest BCUT2D eigenvalue weighted by atomic mass is 9.97. The van der Waals surface area contributed by atoms with Crippen LogP contribution in [0.3, 0.4) is 0 Å². The van der Waals surface area contributed by atoms with Crippen LogP contribution < -0.4 is 14.2 Å². The van der Waals surface area contributed by atoms with Gasteiger partial charge in [-0.1, -0.05) is 0 Å². The van der Waals surface area contributed by atoms with Gasteiger partial charge < -0.3 is 24.0 Å². The highest BCUT2D eigenvalue weighted by atomic mass is 16.7. The second-order valence-electron chi connectivity index (χ2n) is 7.37. The van der Waals surface area contributed by atoms with Crippen molar-refractivity contribution in [1.82, 2.24) is 14.7 Å². The van der Waals surface area contributed by atoms with E-state index in [0.717, 1.165) is 25.2 Å². The van der Waals surface area contributed by atoms with E-state index in [-0.39, 0.29) is 25.2 Å². The molecule has 0 N–H and O–H groups in total. The quantitative estimate of drug-likeness (QED) is 0.709. The predicted molar refractivity (Wildman–Crippen MR) is 102 cm³/mol. The Hall–Kier alpha value is -2.99. The number of benzene rings is 1. The highest BCUT2D eigenvalue weighted by Crippen LogP contribution is 2.46. The van der Waals surface area contributed by atoms with Crippen LogP contribution in [-0.4, -0.2) is 86.2 Å². The van der Waals surface area contributed by atoms with Crippen LogP contribution >= 0.6 is 0 Å². The van der Waals surface area contributed by atoms with Crippen molar-refractivity contribution in [3.05, 3.63) is 17.2 Å². The van der Waals surface area contributed by atoms with E-state index in [1.54, 1.807) is 16.8 Å². The van der Waals surface area contributed by atoms with Gasteiger partial charge in [0.25, 0.3) is 11.8 Å². The smallest absolute Gasteiger partial charge is 0.260 e. The molecule has 0 saturated carbocycles. The van der Waals surface area contributed by atoms with Gasteiger partial charge in [-0.05, 0) is 18.1 Å². The molecule has 1 fully saturated rings. The van der Waals surface area contributed by atoms with Gasteiger partial charge >= 0.3 is 0 Å². The van der Waals surface area contributed by atoms with Gasteiger partial charge in [-0.2, -0.15) is 5.26 Å². The van der Waals surface area contributed by atoms with E-state index >= 15 is 0 Å². The molecule has 4 rings (SSSR count). The fourth-order valence-corrected chi connectivity index (χ4v) is 3.87. The molecule has 154 valence electrons. The van der Waals surface area contributed by atoms with Crippen LogP contribution in [0.15, 0.2) is 6.07 Å². The number of hydrogen-bond donors (Lipinski definition) is 0. The highest BCUT2D eigenvalue weighted by molar-refractivity contribution is 6.01. The monoisotopic (exact) mass is 400 g/mol. The van der Waals surface area contributed by atoms with Crippen molar-refractivity contribution < 1.29 is 23.8 Å². The van der Waals surface area contributed by atoms with Crippen molar-refractivity contribution in [2.75, 3.05) is 59.7 Å². The van der Waals surface area contributed by atoms with Gasteiger partial charge in [0, 0.05) is 52.7 Å². The number of rotatable bonds is 5. The zero-order valence-corrected chi connectivity index (χ0v) is 16.5. The second kappa shape index (κ2) is 8.17. The zero-order chi connectivity index (χ0) is 20.4. The number of piperazine rings is 1. The predicted octanol–water partition coefficient (Wildman–Crippen LogP) is 0.480. The number of likely N-dealkylation sites (N-methyl/N-ethyl adjacent to an activating group) is 1. The van der Waals surface area contributed by atoms with Crippen LogP contribution in [0.1, 0.15) is 22.3 Å². The fourth-order valence-electron chi connectivity index (χ4n) is 3.87. The molecule has 0 atom stereocenters. The van der Waals surface area contributed by atoms with Crippen LogP contribution in [0.25, 0.3) is 0 Å². The normalized spacial score (nSPS) is 18.4. The van der Waals surface area contributed by atoms with Crippen LogP contribution in [0.5, 0.6) is 17.2 Å². The molecule has 9 nitrogen and oxygen atoms in total. The Labute approximate surface area is 169 Å². The first-order valence-corrected chi connectivity index (χ1v) is 9.79. The van der Waals surface area contributed by atoms with Crippen molar-refractivity contribution >= 4 is 11.8 Å². The highest BCUT2D eigenvalue weighted by Gasteiger charge is 2.33. The molecule has 1 saturated heterocycles. The molecule has 0 bridgehead atoms. The van der Waals surface area contributed by atoms with Gasteiger partial charge in [-0.3, -0.25) is 14.5 Å². The number of fused-ring (bicyclic) bond motifs is 2. The third-order valence-corrected chi connectivity index (χ3v) is 5.58.